The lowest BCUT2D eigenvalue weighted by molar-refractivity contribution is 0.0488. The zero-order chi connectivity index (χ0) is 20.2. The van der Waals surface area contributed by atoms with Crippen LogP contribution in [0.2, 0.25) is 0 Å². The summed E-state index contributed by atoms with van der Waals surface area (Å²) in [6.45, 7) is 14.8. The first-order valence-electron chi connectivity index (χ1n) is 9.16. The first kappa shape index (κ1) is 24.2. The number of hydrogen-bond donors (Lipinski definition) is 1. The maximum atomic E-state index is 13.3. The van der Waals surface area contributed by atoms with E-state index in [2.05, 4.69) is 5.32 Å². The number of ether oxygens (including phenoxy) is 3. The minimum Gasteiger partial charge on any atom is -0.491 e. The molecule has 1 amide bonds. The minimum atomic E-state index is -0.516. The van der Waals surface area contributed by atoms with Crippen LogP contribution >= 0.6 is 0 Å². The minimum absolute atomic E-state index is 0.250. The van der Waals surface area contributed by atoms with Crippen LogP contribution in [-0.2, 0) is 9.47 Å². The van der Waals surface area contributed by atoms with Crippen LogP contribution in [0.5, 0.6) is 5.75 Å². The van der Waals surface area contributed by atoms with Crippen molar-refractivity contribution >= 4 is 6.09 Å². The molecule has 26 heavy (non-hydrogen) atoms. The van der Waals surface area contributed by atoms with Gasteiger partial charge in [0.1, 0.15) is 23.8 Å². The summed E-state index contributed by atoms with van der Waals surface area (Å²) in [7, 11) is 0. The Morgan fingerprint density at radius 2 is 1.81 bits per heavy atom. The van der Waals surface area contributed by atoms with Gasteiger partial charge in [0.15, 0.2) is 0 Å². The molecule has 0 aliphatic rings. The molecule has 5 nitrogen and oxygen atoms in total. The molecular formula is C20H34FNO4. The summed E-state index contributed by atoms with van der Waals surface area (Å²) in [5.74, 6) is 0.469. The molecule has 0 radical (unpaired) electrons. The van der Waals surface area contributed by atoms with Gasteiger partial charge in [0.2, 0.25) is 0 Å². The monoisotopic (exact) mass is 371 g/mol. The second kappa shape index (κ2) is 12.5. The van der Waals surface area contributed by atoms with Crippen LogP contribution in [0.1, 0.15) is 59.9 Å². The van der Waals surface area contributed by atoms with Crippen LogP contribution in [0, 0.1) is 5.82 Å². The van der Waals surface area contributed by atoms with Crippen molar-refractivity contribution in [3.8, 4) is 5.75 Å². The van der Waals surface area contributed by atoms with E-state index in [1.165, 1.54) is 12.1 Å². The average Bonchev–Trinajstić information content (AvgIpc) is 2.54. The third-order valence-corrected chi connectivity index (χ3v) is 3.00. The number of rotatable bonds is 8. The van der Waals surface area contributed by atoms with Gasteiger partial charge in [-0.05, 0) is 38.3 Å². The fraction of sp³-hybridized carbons (Fsp3) is 0.650. The summed E-state index contributed by atoms with van der Waals surface area (Å²) in [4.78, 5) is 11.4. The predicted octanol–water partition coefficient (Wildman–Crippen LogP) is 4.90. The fourth-order valence-electron chi connectivity index (χ4n) is 1.96. The zero-order valence-electron chi connectivity index (χ0n) is 17.1. The topological polar surface area (TPSA) is 56.8 Å². The predicted molar refractivity (Wildman–Crippen MR) is 102 cm³/mol. The van der Waals surface area contributed by atoms with E-state index in [4.69, 9.17) is 14.2 Å². The third kappa shape index (κ3) is 10.9. The Labute approximate surface area is 157 Å². The Morgan fingerprint density at radius 3 is 2.38 bits per heavy atom. The summed E-state index contributed by atoms with van der Waals surface area (Å²) in [5.41, 5.74) is 0.445. The highest BCUT2D eigenvalue weighted by Gasteiger charge is 2.15. The molecule has 0 aliphatic heterocycles. The summed E-state index contributed by atoms with van der Waals surface area (Å²) < 4.78 is 29.4. The van der Waals surface area contributed by atoms with E-state index in [-0.39, 0.29) is 11.7 Å². The summed E-state index contributed by atoms with van der Waals surface area (Å²) in [5, 5.41) is 2.60. The SMILES string of the molecule is CC.CC(C)c1ccc(F)cc1OCCOCCNC(=O)OC(C)(C)C. The highest BCUT2D eigenvalue weighted by atomic mass is 19.1. The van der Waals surface area contributed by atoms with Crippen LogP contribution in [0.25, 0.3) is 0 Å². The van der Waals surface area contributed by atoms with Gasteiger partial charge in [-0.1, -0.05) is 33.8 Å². The van der Waals surface area contributed by atoms with E-state index in [0.717, 1.165) is 5.56 Å². The Morgan fingerprint density at radius 1 is 1.15 bits per heavy atom. The largest absolute Gasteiger partial charge is 0.491 e. The molecular weight excluding hydrogens is 337 g/mol. The molecule has 0 fully saturated rings. The molecule has 1 aromatic carbocycles. The maximum absolute atomic E-state index is 13.3. The molecule has 150 valence electrons. The van der Waals surface area contributed by atoms with Crippen molar-refractivity contribution in [1.29, 1.82) is 0 Å². The van der Waals surface area contributed by atoms with Gasteiger partial charge in [-0.15, -0.1) is 0 Å². The molecule has 0 atom stereocenters. The van der Waals surface area contributed by atoms with Crippen molar-refractivity contribution in [1.82, 2.24) is 5.32 Å². The lowest BCUT2D eigenvalue weighted by Gasteiger charge is -2.19. The van der Waals surface area contributed by atoms with Crippen molar-refractivity contribution in [3.63, 3.8) is 0 Å². The van der Waals surface area contributed by atoms with Crippen molar-refractivity contribution in [2.45, 2.75) is 60.0 Å². The number of carbonyl (C=O) groups is 1. The molecule has 1 rings (SSSR count). The summed E-state index contributed by atoms with van der Waals surface area (Å²) >= 11 is 0. The van der Waals surface area contributed by atoms with E-state index in [0.29, 0.717) is 32.1 Å². The highest BCUT2D eigenvalue weighted by Crippen LogP contribution is 2.27. The zero-order valence-corrected chi connectivity index (χ0v) is 17.1. The van der Waals surface area contributed by atoms with Gasteiger partial charge in [0, 0.05) is 12.6 Å². The number of alkyl carbamates (subject to hydrolysis) is 1. The standard InChI is InChI=1S/C18H28FNO4.C2H6/c1-13(2)15-7-6-14(19)12-16(15)23-11-10-22-9-8-20-17(21)24-18(3,4)5;1-2/h6-7,12-13H,8-11H2,1-5H3,(H,20,21);1-2H3. The van der Waals surface area contributed by atoms with Crippen molar-refractivity contribution in [2.75, 3.05) is 26.4 Å². The molecule has 1 aromatic rings. The van der Waals surface area contributed by atoms with Crippen LogP contribution in [0.3, 0.4) is 0 Å². The highest BCUT2D eigenvalue weighted by molar-refractivity contribution is 5.67. The number of nitrogens with one attached hydrogen (secondary N) is 1. The third-order valence-electron chi connectivity index (χ3n) is 3.00. The Hall–Kier alpha value is -1.82. The maximum Gasteiger partial charge on any atom is 0.407 e. The van der Waals surface area contributed by atoms with E-state index in [9.17, 15) is 9.18 Å². The van der Waals surface area contributed by atoms with Gasteiger partial charge >= 0.3 is 6.09 Å². The normalized spacial score (nSPS) is 10.8. The van der Waals surface area contributed by atoms with E-state index >= 15 is 0 Å². The van der Waals surface area contributed by atoms with Gasteiger partial charge in [0.25, 0.3) is 0 Å². The molecule has 0 spiro atoms. The van der Waals surface area contributed by atoms with Crippen molar-refractivity contribution in [3.05, 3.63) is 29.6 Å². The first-order valence-corrected chi connectivity index (χ1v) is 9.16. The molecule has 0 aliphatic carbocycles. The molecule has 0 saturated heterocycles. The second-order valence-corrected chi connectivity index (χ2v) is 6.73. The number of halogens is 1. The number of benzene rings is 1. The lowest BCUT2D eigenvalue weighted by Crippen LogP contribution is -2.34. The van der Waals surface area contributed by atoms with Gasteiger partial charge in [0.05, 0.1) is 13.2 Å². The van der Waals surface area contributed by atoms with E-state index in [1.54, 1.807) is 26.8 Å². The van der Waals surface area contributed by atoms with Gasteiger partial charge in [-0.3, -0.25) is 0 Å². The summed E-state index contributed by atoms with van der Waals surface area (Å²) in [6.07, 6.45) is -0.469. The Balaban J connectivity index is 0.00000301. The van der Waals surface area contributed by atoms with Crippen LogP contribution < -0.4 is 10.1 Å². The molecule has 0 unspecified atom stereocenters. The molecule has 6 heteroatoms. The number of carbonyl (C=O) groups excluding carboxylic acids is 1. The quantitative estimate of drug-likeness (QED) is 0.661. The molecule has 1 N–H and O–H groups in total. The van der Waals surface area contributed by atoms with Crippen LogP contribution in [-0.4, -0.2) is 38.1 Å². The molecule has 0 saturated carbocycles. The second-order valence-electron chi connectivity index (χ2n) is 6.73. The summed E-state index contributed by atoms with van der Waals surface area (Å²) in [6, 6.07) is 4.56. The van der Waals surface area contributed by atoms with Crippen LogP contribution in [0.15, 0.2) is 18.2 Å². The average molecular weight is 371 g/mol. The molecule has 0 aromatic heterocycles. The first-order chi connectivity index (χ1) is 12.2. The lowest BCUT2D eigenvalue weighted by atomic mass is 10.0. The number of hydrogen-bond acceptors (Lipinski definition) is 4. The fourth-order valence-corrected chi connectivity index (χ4v) is 1.96. The van der Waals surface area contributed by atoms with Crippen LogP contribution in [0.4, 0.5) is 9.18 Å². The Kier molecular flexibility index (Phi) is 11.6. The molecule has 0 bridgehead atoms. The van der Waals surface area contributed by atoms with Gasteiger partial charge < -0.3 is 19.5 Å². The van der Waals surface area contributed by atoms with Gasteiger partial charge in [-0.2, -0.15) is 0 Å². The smallest absolute Gasteiger partial charge is 0.407 e. The number of amides is 1. The Bertz CT molecular complexity index is 527. The molecule has 0 heterocycles. The van der Waals surface area contributed by atoms with E-state index < -0.39 is 11.7 Å². The van der Waals surface area contributed by atoms with Crippen molar-refractivity contribution < 1.29 is 23.4 Å². The van der Waals surface area contributed by atoms with Gasteiger partial charge in [-0.25, -0.2) is 9.18 Å². The van der Waals surface area contributed by atoms with E-state index in [1.807, 2.05) is 27.7 Å². The van der Waals surface area contributed by atoms with Crippen molar-refractivity contribution in [2.24, 2.45) is 0 Å².